The van der Waals surface area contributed by atoms with Crippen LogP contribution in [-0.2, 0) is 4.79 Å². The molecule has 15 heavy (non-hydrogen) atoms. The van der Waals surface area contributed by atoms with Gasteiger partial charge < -0.3 is 10.2 Å². The van der Waals surface area contributed by atoms with E-state index in [0.29, 0.717) is 25.4 Å². The van der Waals surface area contributed by atoms with E-state index >= 15 is 0 Å². The van der Waals surface area contributed by atoms with Gasteiger partial charge in [0.1, 0.15) is 0 Å². The predicted molar refractivity (Wildman–Crippen MR) is 60.2 cm³/mol. The van der Waals surface area contributed by atoms with E-state index in [1.165, 1.54) is 0 Å². The van der Waals surface area contributed by atoms with Crippen molar-refractivity contribution in [1.29, 1.82) is 5.26 Å². The summed E-state index contributed by atoms with van der Waals surface area (Å²) in [6, 6.07) is 2.50. The van der Waals surface area contributed by atoms with Crippen molar-refractivity contribution in [3.8, 4) is 6.07 Å². The lowest BCUT2D eigenvalue weighted by molar-refractivity contribution is -0.129. The third-order valence-corrected chi connectivity index (χ3v) is 2.10. The van der Waals surface area contributed by atoms with E-state index in [1.54, 1.807) is 11.9 Å². The normalized spacial score (nSPS) is 10.1. The number of hydrogen-bond acceptors (Lipinski definition) is 3. The van der Waals surface area contributed by atoms with Crippen molar-refractivity contribution < 1.29 is 4.79 Å². The van der Waals surface area contributed by atoms with Crippen LogP contribution in [0, 0.1) is 11.3 Å². The fourth-order valence-electron chi connectivity index (χ4n) is 1.16. The van der Waals surface area contributed by atoms with Gasteiger partial charge >= 0.3 is 0 Å². The highest BCUT2D eigenvalue weighted by molar-refractivity contribution is 5.75. The quantitative estimate of drug-likeness (QED) is 0.642. The molecule has 0 unspecified atom stereocenters. The molecule has 0 spiro atoms. The van der Waals surface area contributed by atoms with E-state index in [1.807, 2.05) is 6.07 Å². The second kappa shape index (κ2) is 8.25. The predicted octanol–water partition coefficient (Wildman–Crippen LogP) is 1.14. The van der Waals surface area contributed by atoms with Crippen molar-refractivity contribution in [1.82, 2.24) is 10.2 Å². The molecule has 0 aromatic carbocycles. The number of carbonyl (C=O) groups excluding carboxylic acids is 1. The zero-order chi connectivity index (χ0) is 11.7. The van der Waals surface area contributed by atoms with Crippen LogP contribution < -0.4 is 5.32 Å². The van der Waals surface area contributed by atoms with Crippen LogP contribution in [0.3, 0.4) is 0 Å². The van der Waals surface area contributed by atoms with Gasteiger partial charge in [-0.25, -0.2) is 0 Å². The van der Waals surface area contributed by atoms with E-state index in [2.05, 4.69) is 19.2 Å². The molecule has 0 aromatic heterocycles. The van der Waals surface area contributed by atoms with Gasteiger partial charge in [0.05, 0.1) is 12.5 Å². The van der Waals surface area contributed by atoms with Crippen LogP contribution in [0.4, 0.5) is 0 Å². The molecule has 0 bridgehead atoms. The number of nitrogens with zero attached hydrogens (tertiary/aromatic N) is 2. The summed E-state index contributed by atoms with van der Waals surface area (Å²) < 4.78 is 0. The Hall–Kier alpha value is -1.08. The molecule has 4 heteroatoms. The standard InChI is InChI=1S/C11H21N3O/c1-10(2)13-8-4-6-11(15)14(3)9-5-7-12/h10,13H,4-6,8-9H2,1-3H3. The highest BCUT2D eigenvalue weighted by Crippen LogP contribution is 1.96. The molecular weight excluding hydrogens is 190 g/mol. The summed E-state index contributed by atoms with van der Waals surface area (Å²) in [4.78, 5) is 13.1. The summed E-state index contributed by atoms with van der Waals surface area (Å²) in [5.74, 6) is 0.121. The average molecular weight is 211 g/mol. The molecular formula is C11H21N3O. The highest BCUT2D eigenvalue weighted by atomic mass is 16.2. The summed E-state index contributed by atoms with van der Waals surface area (Å²) in [6.45, 7) is 5.57. The molecule has 1 N–H and O–H groups in total. The molecule has 0 aromatic rings. The molecule has 0 aliphatic carbocycles. The van der Waals surface area contributed by atoms with Gasteiger partial charge in [-0.1, -0.05) is 13.8 Å². The van der Waals surface area contributed by atoms with Crippen LogP contribution in [0.5, 0.6) is 0 Å². The van der Waals surface area contributed by atoms with Crippen molar-refractivity contribution in [2.75, 3.05) is 20.1 Å². The van der Waals surface area contributed by atoms with Crippen LogP contribution in [0.1, 0.15) is 33.1 Å². The lowest BCUT2D eigenvalue weighted by Gasteiger charge is -2.15. The molecule has 0 saturated carbocycles. The minimum atomic E-state index is 0.121. The third kappa shape index (κ3) is 7.95. The van der Waals surface area contributed by atoms with Crippen molar-refractivity contribution in [2.24, 2.45) is 0 Å². The summed E-state index contributed by atoms with van der Waals surface area (Å²) >= 11 is 0. The SMILES string of the molecule is CC(C)NCCCC(=O)N(C)CCC#N. The monoisotopic (exact) mass is 211 g/mol. The molecule has 4 nitrogen and oxygen atoms in total. The topological polar surface area (TPSA) is 56.1 Å². The fourth-order valence-corrected chi connectivity index (χ4v) is 1.16. The van der Waals surface area contributed by atoms with Crippen molar-refractivity contribution >= 4 is 5.91 Å². The third-order valence-electron chi connectivity index (χ3n) is 2.10. The van der Waals surface area contributed by atoms with Crippen molar-refractivity contribution in [3.05, 3.63) is 0 Å². The van der Waals surface area contributed by atoms with Crippen LogP contribution in [0.15, 0.2) is 0 Å². The Labute approximate surface area is 92.3 Å². The molecule has 1 amide bonds. The van der Waals surface area contributed by atoms with Gasteiger partial charge in [-0.05, 0) is 13.0 Å². The number of rotatable bonds is 7. The van der Waals surface area contributed by atoms with Gasteiger partial charge in [-0.3, -0.25) is 4.79 Å². The maximum Gasteiger partial charge on any atom is 0.222 e. The largest absolute Gasteiger partial charge is 0.345 e. The van der Waals surface area contributed by atoms with Gasteiger partial charge in [-0.15, -0.1) is 0 Å². The second-order valence-corrected chi connectivity index (χ2v) is 3.94. The average Bonchev–Trinajstić information content (AvgIpc) is 2.20. The van der Waals surface area contributed by atoms with E-state index in [0.717, 1.165) is 13.0 Å². The number of nitrogens with one attached hydrogen (secondary N) is 1. The smallest absolute Gasteiger partial charge is 0.222 e. The Morgan fingerprint density at radius 1 is 1.53 bits per heavy atom. The Morgan fingerprint density at radius 2 is 2.20 bits per heavy atom. The molecule has 86 valence electrons. The Kier molecular flexibility index (Phi) is 7.65. The van der Waals surface area contributed by atoms with Crippen LogP contribution in [-0.4, -0.2) is 37.0 Å². The molecule has 0 saturated heterocycles. The Bertz CT molecular complexity index is 220. The first kappa shape index (κ1) is 13.9. The first-order valence-corrected chi connectivity index (χ1v) is 5.42. The van der Waals surface area contributed by atoms with Gasteiger partial charge in [0, 0.05) is 26.1 Å². The van der Waals surface area contributed by atoms with E-state index in [9.17, 15) is 4.79 Å². The first-order chi connectivity index (χ1) is 7.07. The minimum Gasteiger partial charge on any atom is -0.345 e. The van der Waals surface area contributed by atoms with Gasteiger partial charge in [-0.2, -0.15) is 5.26 Å². The molecule has 0 heterocycles. The maximum absolute atomic E-state index is 11.5. The van der Waals surface area contributed by atoms with Crippen molar-refractivity contribution in [3.63, 3.8) is 0 Å². The number of amides is 1. The number of hydrogen-bond donors (Lipinski definition) is 1. The molecule has 0 rings (SSSR count). The number of carbonyl (C=O) groups is 1. The molecule has 0 atom stereocenters. The van der Waals surface area contributed by atoms with Gasteiger partial charge in [0.25, 0.3) is 0 Å². The Morgan fingerprint density at radius 3 is 2.73 bits per heavy atom. The molecule has 0 aliphatic heterocycles. The zero-order valence-corrected chi connectivity index (χ0v) is 9.92. The lowest BCUT2D eigenvalue weighted by Crippen LogP contribution is -2.29. The van der Waals surface area contributed by atoms with Crippen LogP contribution >= 0.6 is 0 Å². The highest BCUT2D eigenvalue weighted by Gasteiger charge is 2.07. The minimum absolute atomic E-state index is 0.121. The zero-order valence-electron chi connectivity index (χ0n) is 9.92. The van der Waals surface area contributed by atoms with Gasteiger partial charge in [0.15, 0.2) is 0 Å². The van der Waals surface area contributed by atoms with Crippen LogP contribution in [0.25, 0.3) is 0 Å². The molecule has 0 radical (unpaired) electrons. The first-order valence-electron chi connectivity index (χ1n) is 5.42. The number of nitriles is 1. The van der Waals surface area contributed by atoms with E-state index in [-0.39, 0.29) is 5.91 Å². The summed E-state index contributed by atoms with van der Waals surface area (Å²) in [6.07, 6.45) is 1.82. The van der Waals surface area contributed by atoms with E-state index < -0.39 is 0 Å². The molecule has 0 aliphatic rings. The Balaban J connectivity index is 3.52. The summed E-state index contributed by atoms with van der Waals surface area (Å²) in [5.41, 5.74) is 0. The fraction of sp³-hybridized carbons (Fsp3) is 0.818. The summed E-state index contributed by atoms with van der Waals surface area (Å²) in [7, 11) is 1.75. The van der Waals surface area contributed by atoms with Crippen molar-refractivity contribution in [2.45, 2.75) is 39.2 Å². The van der Waals surface area contributed by atoms with Gasteiger partial charge in [0.2, 0.25) is 5.91 Å². The summed E-state index contributed by atoms with van der Waals surface area (Å²) in [5, 5.41) is 11.6. The maximum atomic E-state index is 11.5. The second-order valence-electron chi connectivity index (χ2n) is 3.94. The lowest BCUT2D eigenvalue weighted by atomic mass is 10.2. The molecule has 0 fully saturated rings. The van der Waals surface area contributed by atoms with E-state index in [4.69, 9.17) is 5.26 Å². The van der Waals surface area contributed by atoms with Crippen LogP contribution in [0.2, 0.25) is 0 Å².